The normalized spacial score (nSPS) is 13.4. The Hall–Kier alpha value is -3.35. The Morgan fingerprint density at radius 2 is 1.70 bits per heavy atom. The summed E-state index contributed by atoms with van der Waals surface area (Å²) in [5.74, 6) is 0.103. The van der Waals surface area contributed by atoms with Crippen molar-refractivity contribution in [2.24, 2.45) is 0 Å². The zero-order valence-corrected chi connectivity index (χ0v) is 19.9. The van der Waals surface area contributed by atoms with Gasteiger partial charge >= 0.3 is 12.0 Å². The Morgan fingerprint density at radius 3 is 2.18 bits per heavy atom. The molecule has 0 heterocycles. The molecule has 0 aromatic heterocycles. The van der Waals surface area contributed by atoms with Crippen molar-refractivity contribution < 1.29 is 24.2 Å². The van der Waals surface area contributed by atoms with Crippen LogP contribution in [-0.4, -0.2) is 47.5 Å². The number of anilines is 1. The van der Waals surface area contributed by atoms with Crippen LogP contribution in [0.25, 0.3) is 0 Å². The van der Waals surface area contributed by atoms with Gasteiger partial charge in [0.15, 0.2) is 5.60 Å². The first-order chi connectivity index (χ1) is 15.5. The lowest BCUT2D eigenvalue weighted by atomic mass is 10.0. The second kappa shape index (κ2) is 9.65. The van der Waals surface area contributed by atoms with E-state index in [0.717, 1.165) is 23.0 Å². The van der Waals surface area contributed by atoms with Gasteiger partial charge in [0.1, 0.15) is 12.0 Å². The summed E-state index contributed by atoms with van der Waals surface area (Å²) in [6.07, 6.45) is 3.14. The van der Waals surface area contributed by atoms with Crippen molar-refractivity contribution in [2.45, 2.75) is 58.6 Å². The van der Waals surface area contributed by atoms with Crippen LogP contribution in [0, 0.1) is 13.8 Å². The Kier molecular flexibility index (Phi) is 7.10. The molecule has 0 spiro atoms. The summed E-state index contributed by atoms with van der Waals surface area (Å²) in [6.45, 7) is 7.03. The van der Waals surface area contributed by atoms with Crippen molar-refractivity contribution in [2.75, 3.05) is 18.5 Å². The number of hydrogen-bond donors (Lipinski definition) is 1. The Labute approximate surface area is 195 Å². The topological polar surface area (TPSA) is 87.2 Å². The highest BCUT2D eigenvalue weighted by molar-refractivity contribution is 5.94. The van der Waals surface area contributed by atoms with Gasteiger partial charge in [0.05, 0.1) is 6.54 Å². The van der Waals surface area contributed by atoms with Gasteiger partial charge in [0.2, 0.25) is 0 Å². The molecule has 1 aliphatic carbocycles. The van der Waals surface area contributed by atoms with Gasteiger partial charge < -0.3 is 19.5 Å². The molecule has 176 valence electrons. The molecular formula is C26H32N2O5. The summed E-state index contributed by atoms with van der Waals surface area (Å²) in [7, 11) is 1.70. The van der Waals surface area contributed by atoms with Gasteiger partial charge in [-0.2, -0.15) is 0 Å². The first-order valence-corrected chi connectivity index (χ1v) is 11.1. The largest absolute Gasteiger partial charge is 0.478 e. The fraction of sp³-hybridized carbons (Fsp3) is 0.423. The van der Waals surface area contributed by atoms with Crippen molar-refractivity contribution in [3.63, 3.8) is 0 Å². The highest BCUT2D eigenvalue weighted by Gasteiger charge is 2.31. The first kappa shape index (κ1) is 24.3. The van der Waals surface area contributed by atoms with E-state index in [1.54, 1.807) is 11.9 Å². The third-order valence-electron chi connectivity index (χ3n) is 5.88. The molecule has 7 heteroatoms. The molecule has 2 aromatic carbocycles. The molecule has 0 atom stereocenters. The zero-order valence-electron chi connectivity index (χ0n) is 19.9. The lowest BCUT2D eigenvalue weighted by Crippen LogP contribution is -2.42. The maximum Gasteiger partial charge on any atom is 0.347 e. The van der Waals surface area contributed by atoms with Gasteiger partial charge in [-0.05, 0) is 80.8 Å². The zero-order chi connectivity index (χ0) is 24.3. The highest BCUT2D eigenvalue weighted by Crippen LogP contribution is 2.40. The average Bonchev–Trinajstić information content (AvgIpc) is 3.60. The van der Waals surface area contributed by atoms with Crippen molar-refractivity contribution in [1.29, 1.82) is 0 Å². The number of carboxylic acids is 1. The minimum Gasteiger partial charge on any atom is -0.478 e. The van der Waals surface area contributed by atoms with Crippen molar-refractivity contribution in [1.82, 2.24) is 4.90 Å². The van der Waals surface area contributed by atoms with Gasteiger partial charge in [-0.3, -0.25) is 4.90 Å². The summed E-state index contributed by atoms with van der Waals surface area (Å²) < 4.78 is 5.76. The van der Waals surface area contributed by atoms with Crippen molar-refractivity contribution in [3.8, 4) is 5.75 Å². The molecule has 0 aliphatic heterocycles. The smallest absolute Gasteiger partial charge is 0.347 e. The summed E-state index contributed by atoms with van der Waals surface area (Å²) in [5, 5.41) is 9.36. The van der Waals surface area contributed by atoms with E-state index in [9.17, 15) is 19.5 Å². The van der Waals surface area contributed by atoms with Gasteiger partial charge in [0.25, 0.3) is 0 Å². The lowest BCUT2D eigenvalue weighted by Gasteiger charge is -2.28. The van der Waals surface area contributed by atoms with E-state index in [0.29, 0.717) is 23.9 Å². The molecule has 3 rings (SSSR count). The number of aliphatic carboxylic acids is 1. The quantitative estimate of drug-likeness (QED) is 0.558. The SMILES string of the molecule is Cc1cc(CN(C)C(=O)N(CC=O)c2ccc(C3CC3)cc2)cc(C)c1OC(C)(C)C(=O)O. The van der Waals surface area contributed by atoms with Crippen molar-refractivity contribution in [3.05, 3.63) is 58.7 Å². The van der Waals surface area contributed by atoms with E-state index in [4.69, 9.17) is 4.74 Å². The van der Waals surface area contributed by atoms with E-state index in [1.165, 1.54) is 37.2 Å². The molecule has 33 heavy (non-hydrogen) atoms. The highest BCUT2D eigenvalue weighted by atomic mass is 16.5. The van der Waals surface area contributed by atoms with Crippen LogP contribution in [-0.2, 0) is 16.1 Å². The van der Waals surface area contributed by atoms with Gasteiger partial charge in [-0.1, -0.05) is 24.3 Å². The van der Waals surface area contributed by atoms with Crippen LogP contribution < -0.4 is 9.64 Å². The molecule has 2 amide bonds. The number of urea groups is 1. The number of ether oxygens (including phenoxy) is 1. The Morgan fingerprint density at radius 1 is 1.12 bits per heavy atom. The van der Waals surface area contributed by atoms with Crippen LogP contribution in [0.15, 0.2) is 36.4 Å². The van der Waals surface area contributed by atoms with E-state index in [1.807, 2.05) is 50.2 Å². The predicted molar refractivity (Wildman–Crippen MR) is 127 cm³/mol. The molecule has 7 nitrogen and oxygen atoms in total. The van der Waals surface area contributed by atoms with E-state index in [-0.39, 0.29) is 12.6 Å². The maximum absolute atomic E-state index is 13.2. The first-order valence-electron chi connectivity index (χ1n) is 11.1. The predicted octanol–water partition coefficient (Wildman–Crippen LogP) is 4.68. The molecule has 0 saturated heterocycles. The number of aryl methyl sites for hydroxylation is 2. The Bertz CT molecular complexity index is 1020. The molecule has 1 saturated carbocycles. The number of benzene rings is 2. The standard InChI is InChI=1S/C26H32N2O5/c1-17-14-19(15-18(2)23(17)33-26(3,4)24(30)31)16-27(5)25(32)28(12-13-29)22-10-8-21(9-11-22)20-6-7-20/h8-11,13-15,20H,6-7,12,16H2,1-5H3,(H,30,31). The number of aldehydes is 1. The van der Waals surface area contributed by atoms with Crippen LogP contribution in [0.3, 0.4) is 0 Å². The third kappa shape index (κ3) is 5.72. The third-order valence-corrected chi connectivity index (χ3v) is 5.88. The molecular weight excluding hydrogens is 420 g/mol. The number of carbonyl (C=O) groups excluding carboxylic acids is 2. The average molecular weight is 453 g/mol. The number of nitrogens with zero attached hydrogens (tertiary/aromatic N) is 2. The van der Waals surface area contributed by atoms with Gasteiger partial charge in [-0.25, -0.2) is 9.59 Å². The van der Waals surface area contributed by atoms with Crippen LogP contribution >= 0.6 is 0 Å². The number of carbonyl (C=O) groups is 3. The van der Waals surface area contributed by atoms with Crippen LogP contribution in [0.5, 0.6) is 5.75 Å². The summed E-state index contributed by atoms with van der Waals surface area (Å²) in [5.41, 5.74) is 3.08. The molecule has 0 bridgehead atoms. The minimum absolute atomic E-state index is 0.0267. The number of carboxylic acid groups (broad SMARTS) is 1. The van der Waals surface area contributed by atoms with E-state index in [2.05, 4.69) is 0 Å². The summed E-state index contributed by atoms with van der Waals surface area (Å²) >= 11 is 0. The maximum atomic E-state index is 13.2. The lowest BCUT2D eigenvalue weighted by molar-refractivity contribution is -0.152. The van der Waals surface area contributed by atoms with Crippen LogP contribution in [0.1, 0.15) is 54.9 Å². The summed E-state index contributed by atoms with van der Waals surface area (Å²) in [6, 6.07) is 11.4. The second-order valence-corrected chi connectivity index (χ2v) is 9.26. The number of hydrogen-bond acceptors (Lipinski definition) is 4. The fourth-order valence-corrected chi connectivity index (χ4v) is 3.85. The number of rotatable bonds is 9. The van der Waals surface area contributed by atoms with Gasteiger partial charge in [0, 0.05) is 19.3 Å². The van der Waals surface area contributed by atoms with Gasteiger partial charge in [-0.15, -0.1) is 0 Å². The van der Waals surface area contributed by atoms with Crippen LogP contribution in [0.2, 0.25) is 0 Å². The monoisotopic (exact) mass is 452 g/mol. The van der Waals surface area contributed by atoms with E-state index >= 15 is 0 Å². The van der Waals surface area contributed by atoms with E-state index < -0.39 is 11.6 Å². The molecule has 0 unspecified atom stereocenters. The van der Waals surface area contributed by atoms with Crippen molar-refractivity contribution >= 4 is 24.0 Å². The van der Waals surface area contributed by atoms with Crippen LogP contribution in [0.4, 0.5) is 10.5 Å². The molecule has 2 aromatic rings. The Balaban J connectivity index is 1.75. The second-order valence-electron chi connectivity index (χ2n) is 9.26. The molecule has 1 N–H and O–H groups in total. The molecule has 1 aliphatic rings. The molecule has 0 radical (unpaired) electrons. The number of amides is 2. The fourth-order valence-electron chi connectivity index (χ4n) is 3.85. The minimum atomic E-state index is -1.35. The molecule has 1 fully saturated rings. The summed E-state index contributed by atoms with van der Waals surface area (Å²) in [4.78, 5) is 38.9.